The summed E-state index contributed by atoms with van der Waals surface area (Å²) in [5, 5.41) is 17.3. The largest absolute Gasteiger partial charge is 0.389 e. The molecular formula is C18H26FN3O4. The number of carbonyl (C=O) groups is 2. The average molecular weight is 367 g/mol. The fraction of sp³-hybridized carbons (Fsp3) is 0.556. The van der Waals surface area contributed by atoms with Crippen LogP contribution in [0.1, 0.15) is 39.0 Å². The van der Waals surface area contributed by atoms with Crippen LogP contribution < -0.4 is 16.0 Å². The molecule has 0 radical (unpaired) electrons. The Balaban J connectivity index is 1.73. The van der Waals surface area contributed by atoms with Gasteiger partial charge in [0.05, 0.1) is 24.5 Å². The van der Waals surface area contributed by atoms with Crippen molar-refractivity contribution in [2.24, 2.45) is 0 Å². The van der Waals surface area contributed by atoms with E-state index in [9.17, 15) is 19.1 Å². The van der Waals surface area contributed by atoms with Crippen LogP contribution in [-0.2, 0) is 9.53 Å². The van der Waals surface area contributed by atoms with Gasteiger partial charge in [0.15, 0.2) is 0 Å². The molecule has 1 saturated carbocycles. The number of hydrogen-bond donors (Lipinski definition) is 4. The summed E-state index contributed by atoms with van der Waals surface area (Å²) in [6.07, 6.45) is 4.96. The van der Waals surface area contributed by atoms with Crippen LogP contribution in [-0.4, -0.2) is 42.4 Å². The second-order valence-electron chi connectivity index (χ2n) is 6.46. The van der Waals surface area contributed by atoms with Crippen LogP contribution in [0.5, 0.6) is 0 Å². The highest BCUT2D eigenvalue weighted by Gasteiger charge is 2.16. The molecule has 2 rings (SSSR count). The van der Waals surface area contributed by atoms with E-state index in [1.165, 1.54) is 25.5 Å². The summed E-state index contributed by atoms with van der Waals surface area (Å²) in [5.41, 5.74) is 0.303. The third-order valence-corrected chi connectivity index (χ3v) is 4.11. The summed E-state index contributed by atoms with van der Waals surface area (Å²) in [7, 11) is 0. The molecule has 1 fully saturated rings. The summed E-state index contributed by atoms with van der Waals surface area (Å²) in [6.45, 7) is 1.48. The Morgan fingerprint density at radius 1 is 1.27 bits per heavy atom. The highest BCUT2D eigenvalue weighted by Crippen LogP contribution is 2.21. The minimum atomic E-state index is -0.800. The standard InChI is InChI=1S/C18H26FN3O4/c1-12(23)21-17-9-13(7-8-16(17)19)22-18(25)20-10-14(24)11-26-15-5-3-2-4-6-15/h7-9,14-15,24H,2-6,10-11H2,1H3,(H,21,23)(H2,20,22,25)/t14-/m0/s1. The average Bonchev–Trinajstić information content (AvgIpc) is 2.61. The summed E-state index contributed by atoms with van der Waals surface area (Å²) in [4.78, 5) is 22.9. The number of urea groups is 1. The van der Waals surface area contributed by atoms with E-state index in [0.29, 0.717) is 5.69 Å². The number of aliphatic hydroxyl groups is 1. The van der Waals surface area contributed by atoms with Crippen LogP contribution in [0.3, 0.4) is 0 Å². The molecule has 3 amide bonds. The minimum absolute atomic E-state index is 0.0174. The predicted octanol–water partition coefficient (Wildman–Crippen LogP) is 2.62. The van der Waals surface area contributed by atoms with Gasteiger partial charge in [-0.15, -0.1) is 0 Å². The van der Waals surface area contributed by atoms with Crippen molar-refractivity contribution >= 4 is 23.3 Å². The second kappa shape index (κ2) is 10.1. The fourth-order valence-electron chi connectivity index (χ4n) is 2.81. The highest BCUT2D eigenvalue weighted by atomic mass is 19.1. The van der Waals surface area contributed by atoms with E-state index in [1.54, 1.807) is 0 Å². The van der Waals surface area contributed by atoms with Crippen molar-refractivity contribution in [3.8, 4) is 0 Å². The molecule has 144 valence electrons. The first kappa shape index (κ1) is 20.1. The molecule has 0 aliphatic heterocycles. The Kier molecular flexibility index (Phi) is 7.80. The lowest BCUT2D eigenvalue weighted by atomic mass is 9.98. The molecule has 1 aromatic carbocycles. The van der Waals surface area contributed by atoms with E-state index in [0.717, 1.165) is 31.7 Å². The lowest BCUT2D eigenvalue weighted by molar-refractivity contribution is -0.114. The number of amides is 3. The van der Waals surface area contributed by atoms with Gasteiger partial charge in [0.2, 0.25) is 5.91 Å². The first-order valence-corrected chi connectivity index (χ1v) is 8.85. The maximum absolute atomic E-state index is 13.6. The van der Waals surface area contributed by atoms with Gasteiger partial charge in [-0.1, -0.05) is 19.3 Å². The van der Waals surface area contributed by atoms with E-state index in [1.807, 2.05) is 0 Å². The van der Waals surface area contributed by atoms with Crippen LogP contribution in [0.25, 0.3) is 0 Å². The topological polar surface area (TPSA) is 99.7 Å². The summed E-state index contributed by atoms with van der Waals surface area (Å²) in [6, 6.07) is 3.30. The normalized spacial score (nSPS) is 16.0. The van der Waals surface area contributed by atoms with Crippen molar-refractivity contribution in [1.82, 2.24) is 5.32 Å². The van der Waals surface area contributed by atoms with Gasteiger partial charge in [0.25, 0.3) is 0 Å². The Labute approximate surface area is 152 Å². The molecule has 1 atom stereocenters. The number of nitrogens with one attached hydrogen (secondary N) is 3. The van der Waals surface area contributed by atoms with E-state index < -0.39 is 23.9 Å². The van der Waals surface area contributed by atoms with Crippen molar-refractivity contribution in [2.75, 3.05) is 23.8 Å². The highest BCUT2D eigenvalue weighted by molar-refractivity contribution is 5.92. The molecule has 0 heterocycles. The maximum atomic E-state index is 13.6. The molecule has 0 spiro atoms. The number of hydrogen-bond acceptors (Lipinski definition) is 4. The molecular weight excluding hydrogens is 341 g/mol. The Morgan fingerprint density at radius 2 is 2.00 bits per heavy atom. The van der Waals surface area contributed by atoms with E-state index >= 15 is 0 Å². The lowest BCUT2D eigenvalue weighted by Crippen LogP contribution is -2.38. The zero-order valence-corrected chi connectivity index (χ0v) is 14.9. The zero-order valence-electron chi connectivity index (χ0n) is 14.9. The third kappa shape index (κ3) is 6.97. The Bertz CT molecular complexity index is 620. The number of rotatable bonds is 7. The van der Waals surface area contributed by atoms with Crippen LogP contribution in [0.15, 0.2) is 18.2 Å². The van der Waals surface area contributed by atoms with Crippen molar-refractivity contribution in [3.63, 3.8) is 0 Å². The van der Waals surface area contributed by atoms with Gasteiger partial charge < -0.3 is 25.8 Å². The van der Waals surface area contributed by atoms with Crippen LogP contribution >= 0.6 is 0 Å². The number of ether oxygens (including phenoxy) is 1. The number of anilines is 2. The SMILES string of the molecule is CC(=O)Nc1cc(NC(=O)NC[C@H](O)COC2CCCCC2)ccc1F. The van der Waals surface area contributed by atoms with E-state index in [-0.39, 0.29) is 24.9 Å². The molecule has 1 aliphatic rings. The maximum Gasteiger partial charge on any atom is 0.319 e. The van der Waals surface area contributed by atoms with Gasteiger partial charge in [0.1, 0.15) is 5.82 Å². The summed E-state index contributed by atoms with van der Waals surface area (Å²) in [5.74, 6) is -1.01. The first-order valence-electron chi connectivity index (χ1n) is 8.85. The molecule has 1 aromatic rings. The molecule has 0 saturated heterocycles. The number of halogens is 1. The Morgan fingerprint density at radius 3 is 2.69 bits per heavy atom. The smallest absolute Gasteiger partial charge is 0.319 e. The molecule has 26 heavy (non-hydrogen) atoms. The third-order valence-electron chi connectivity index (χ3n) is 4.11. The van der Waals surface area contributed by atoms with Crippen molar-refractivity contribution in [2.45, 2.75) is 51.2 Å². The van der Waals surface area contributed by atoms with Gasteiger partial charge in [-0.05, 0) is 31.0 Å². The van der Waals surface area contributed by atoms with Crippen LogP contribution in [0.2, 0.25) is 0 Å². The van der Waals surface area contributed by atoms with Gasteiger partial charge in [-0.25, -0.2) is 9.18 Å². The number of carbonyl (C=O) groups excluding carboxylic acids is 2. The first-order chi connectivity index (χ1) is 12.4. The molecule has 4 N–H and O–H groups in total. The van der Waals surface area contributed by atoms with Crippen LogP contribution in [0, 0.1) is 5.82 Å². The Hall–Kier alpha value is -2.19. The second-order valence-corrected chi connectivity index (χ2v) is 6.46. The van der Waals surface area contributed by atoms with E-state index in [2.05, 4.69) is 16.0 Å². The molecule has 0 unspecified atom stereocenters. The van der Waals surface area contributed by atoms with Crippen LogP contribution in [0.4, 0.5) is 20.6 Å². The molecule has 7 nitrogen and oxygen atoms in total. The number of benzene rings is 1. The zero-order chi connectivity index (χ0) is 18.9. The quantitative estimate of drug-likeness (QED) is 0.595. The van der Waals surface area contributed by atoms with Crippen molar-refractivity contribution in [1.29, 1.82) is 0 Å². The monoisotopic (exact) mass is 367 g/mol. The summed E-state index contributed by atoms with van der Waals surface area (Å²) >= 11 is 0. The molecule has 0 aromatic heterocycles. The van der Waals surface area contributed by atoms with Crippen molar-refractivity contribution in [3.05, 3.63) is 24.0 Å². The van der Waals surface area contributed by atoms with Gasteiger partial charge in [-0.3, -0.25) is 4.79 Å². The van der Waals surface area contributed by atoms with Crippen molar-refractivity contribution < 1.29 is 23.8 Å². The van der Waals surface area contributed by atoms with Gasteiger partial charge in [0, 0.05) is 19.2 Å². The van der Waals surface area contributed by atoms with E-state index in [4.69, 9.17) is 4.74 Å². The van der Waals surface area contributed by atoms with Gasteiger partial charge in [-0.2, -0.15) is 0 Å². The van der Waals surface area contributed by atoms with Gasteiger partial charge >= 0.3 is 6.03 Å². The molecule has 0 bridgehead atoms. The minimum Gasteiger partial charge on any atom is -0.389 e. The summed E-state index contributed by atoms with van der Waals surface area (Å²) < 4.78 is 19.2. The predicted molar refractivity (Wildman–Crippen MR) is 96.6 cm³/mol. The lowest BCUT2D eigenvalue weighted by Gasteiger charge is -2.23. The number of aliphatic hydroxyl groups excluding tert-OH is 1. The molecule has 8 heteroatoms. The fourth-order valence-corrected chi connectivity index (χ4v) is 2.81. The molecule has 1 aliphatic carbocycles.